The number of aromatic hydroxyl groups is 1. The lowest BCUT2D eigenvalue weighted by atomic mass is 9.98. The number of phenolic OH excluding ortho intramolecular Hbond substituents is 1. The molecular weight excluding hydrogens is 634 g/mol. The smallest absolute Gasteiger partial charge is 0.405 e. The average Bonchev–Trinajstić information content (AvgIpc) is 3.14. The van der Waals surface area contributed by atoms with Gasteiger partial charge < -0.3 is 40.4 Å². The number of methoxy groups -OCH3 is 1. The summed E-state index contributed by atoms with van der Waals surface area (Å²) in [6.07, 6.45) is -1.99. The molecule has 0 bridgehead atoms. The Labute approximate surface area is 288 Å². The first kappa shape index (κ1) is 33.8. The number of aromatic amines is 1. The van der Waals surface area contributed by atoms with Crippen molar-refractivity contribution < 1.29 is 29.6 Å². The molecule has 2 atom stereocenters. The van der Waals surface area contributed by atoms with Crippen LogP contribution >= 0.6 is 0 Å². The van der Waals surface area contributed by atoms with Crippen molar-refractivity contribution in [1.29, 1.82) is 0 Å². The molecule has 1 amide bonds. The highest BCUT2D eigenvalue weighted by molar-refractivity contribution is 5.87. The van der Waals surface area contributed by atoms with E-state index in [4.69, 9.17) is 9.47 Å². The minimum atomic E-state index is -1.11. The Morgan fingerprint density at radius 2 is 1.60 bits per heavy atom. The maximum absolute atomic E-state index is 11.8. The van der Waals surface area contributed by atoms with Crippen LogP contribution in [0.5, 0.6) is 17.2 Å². The predicted molar refractivity (Wildman–Crippen MR) is 192 cm³/mol. The van der Waals surface area contributed by atoms with E-state index in [-0.39, 0.29) is 23.4 Å². The van der Waals surface area contributed by atoms with Crippen molar-refractivity contribution in [2.24, 2.45) is 0 Å². The summed E-state index contributed by atoms with van der Waals surface area (Å²) in [5.41, 5.74) is 6.04. The fraction of sp³-hybridized carbons (Fsp3) is 0.150. The second kappa shape index (κ2) is 15.4. The number of aliphatic hydroxyl groups excluding tert-OH is 1. The van der Waals surface area contributed by atoms with Gasteiger partial charge in [-0.15, -0.1) is 0 Å². The Morgan fingerprint density at radius 3 is 2.36 bits per heavy atom. The van der Waals surface area contributed by atoms with Gasteiger partial charge in [-0.2, -0.15) is 0 Å². The van der Waals surface area contributed by atoms with Crippen LogP contribution in [0.2, 0.25) is 0 Å². The van der Waals surface area contributed by atoms with Gasteiger partial charge in [0.25, 0.3) is 0 Å². The molecule has 0 aliphatic heterocycles. The van der Waals surface area contributed by atoms with Crippen molar-refractivity contribution in [1.82, 2.24) is 15.6 Å². The Balaban J connectivity index is 1.10. The molecule has 0 radical (unpaired) electrons. The fourth-order valence-electron chi connectivity index (χ4n) is 5.97. The van der Waals surface area contributed by atoms with Gasteiger partial charge in [0.1, 0.15) is 23.9 Å². The van der Waals surface area contributed by atoms with Crippen molar-refractivity contribution in [3.05, 3.63) is 159 Å². The summed E-state index contributed by atoms with van der Waals surface area (Å²) in [5, 5.41) is 37.1. The zero-order chi connectivity index (χ0) is 35.0. The third-order valence-electron chi connectivity index (χ3n) is 8.48. The molecule has 0 saturated carbocycles. The number of ether oxygens (including phenoxy) is 2. The van der Waals surface area contributed by atoms with Crippen LogP contribution in [0.3, 0.4) is 0 Å². The van der Waals surface area contributed by atoms with E-state index in [1.807, 2.05) is 97.1 Å². The van der Waals surface area contributed by atoms with Gasteiger partial charge in [0.15, 0.2) is 0 Å². The zero-order valence-electron chi connectivity index (χ0n) is 27.3. The van der Waals surface area contributed by atoms with Crippen molar-refractivity contribution in [2.75, 3.05) is 13.7 Å². The number of H-pyrrole nitrogens is 1. The molecule has 1 heterocycles. The van der Waals surface area contributed by atoms with Gasteiger partial charge in [-0.3, -0.25) is 4.79 Å². The molecule has 0 fully saturated rings. The summed E-state index contributed by atoms with van der Waals surface area (Å²) in [6, 6.07) is 36.4. The standard InChI is InChI=1S/C40H37N3O7/c1-49-36-18-14-28(20-30(36)22-41-23-35(45)32-15-17-34(44)39-33(32)16-19-37(46)42-39)26-12-10-25(11-13-26)24-50-31-9-5-8-29(21-31)38(43-40(47)48)27-6-3-2-4-7-27/h2-21,35,38,41,43-45H,22-24H2,1H3,(H,42,46)(H,47,48)/t35?,38-/m0/s1. The minimum absolute atomic E-state index is 0.0570. The number of amides is 1. The Morgan fingerprint density at radius 1 is 0.840 bits per heavy atom. The number of phenols is 1. The largest absolute Gasteiger partial charge is 0.506 e. The molecule has 10 nitrogen and oxygen atoms in total. The molecule has 1 aromatic heterocycles. The third-order valence-corrected chi connectivity index (χ3v) is 8.48. The van der Waals surface area contributed by atoms with Gasteiger partial charge in [-0.1, -0.05) is 78.9 Å². The summed E-state index contributed by atoms with van der Waals surface area (Å²) in [7, 11) is 1.62. The van der Waals surface area contributed by atoms with Crippen LogP contribution in [-0.4, -0.2) is 40.1 Å². The number of nitrogens with one attached hydrogen (secondary N) is 3. The van der Waals surface area contributed by atoms with Crippen molar-refractivity contribution >= 4 is 17.0 Å². The molecule has 0 saturated heterocycles. The first-order valence-corrected chi connectivity index (χ1v) is 16.1. The molecule has 10 heteroatoms. The van der Waals surface area contributed by atoms with E-state index in [1.165, 1.54) is 12.1 Å². The van der Waals surface area contributed by atoms with Crippen LogP contribution in [0.1, 0.15) is 40.0 Å². The molecule has 0 spiro atoms. The van der Waals surface area contributed by atoms with Crippen LogP contribution in [0.15, 0.2) is 126 Å². The number of carbonyl (C=O) groups is 1. The SMILES string of the molecule is COc1ccc(-c2ccc(COc3cccc([C@@H](NC(=O)O)c4ccccc4)c3)cc2)cc1CNCC(O)c1ccc(O)c2[nH]c(=O)ccc12. The first-order valence-electron chi connectivity index (χ1n) is 16.1. The van der Waals surface area contributed by atoms with Gasteiger partial charge in [-0.05, 0) is 69.8 Å². The van der Waals surface area contributed by atoms with Gasteiger partial charge >= 0.3 is 6.09 Å². The molecule has 0 aliphatic rings. The number of aliphatic hydroxyl groups is 1. The van der Waals surface area contributed by atoms with E-state index >= 15 is 0 Å². The van der Waals surface area contributed by atoms with Crippen LogP contribution in [0.4, 0.5) is 4.79 Å². The van der Waals surface area contributed by atoms with Crippen LogP contribution in [-0.2, 0) is 13.2 Å². The summed E-state index contributed by atoms with van der Waals surface area (Å²) >= 11 is 0. The first-order chi connectivity index (χ1) is 24.3. The minimum Gasteiger partial charge on any atom is -0.506 e. The Kier molecular flexibility index (Phi) is 10.4. The number of aromatic nitrogens is 1. The second-order valence-electron chi connectivity index (χ2n) is 11.8. The van der Waals surface area contributed by atoms with Gasteiger partial charge in [-0.25, -0.2) is 4.79 Å². The Bertz CT molecular complexity index is 2150. The van der Waals surface area contributed by atoms with Gasteiger partial charge in [0, 0.05) is 30.1 Å². The number of pyridine rings is 1. The highest BCUT2D eigenvalue weighted by Crippen LogP contribution is 2.30. The molecule has 50 heavy (non-hydrogen) atoms. The van der Waals surface area contributed by atoms with Crippen LogP contribution in [0.25, 0.3) is 22.0 Å². The fourth-order valence-corrected chi connectivity index (χ4v) is 5.97. The quantitative estimate of drug-likeness (QED) is 0.0797. The number of rotatable bonds is 13. The maximum Gasteiger partial charge on any atom is 0.405 e. The zero-order valence-corrected chi connectivity index (χ0v) is 27.3. The molecule has 1 unspecified atom stereocenters. The second-order valence-corrected chi connectivity index (χ2v) is 11.8. The normalized spacial score (nSPS) is 12.3. The number of fused-ring (bicyclic) bond motifs is 1. The Hall–Kier alpha value is -6.10. The summed E-state index contributed by atoms with van der Waals surface area (Å²) in [6.45, 7) is 0.991. The van der Waals surface area contributed by atoms with Crippen molar-refractivity contribution in [3.63, 3.8) is 0 Å². The lowest BCUT2D eigenvalue weighted by Gasteiger charge is -2.19. The molecule has 6 rings (SSSR count). The average molecular weight is 672 g/mol. The predicted octanol–water partition coefficient (Wildman–Crippen LogP) is 6.67. The highest BCUT2D eigenvalue weighted by atomic mass is 16.5. The van der Waals surface area contributed by atoms with E-state index in [0.29, 0.717) is 35.6 Å². The number of benzene rings is 5. The third kappa shape index (κ3) is 7.95. The molecule has 6 N–H and O–H groups in total. The highest BCUT2D eigenvalue weighted by Gasteiger charge is 2.18. The molecule has 254 valence electrons. The van der Waals surface area contributed by atoms with E-state index in [0.717, 1.165) is 33.4 Å². The van der Waals surface area contributed by atoms with Crippen LogP contribution < -0.4 is 25.7 Å². The summed E-state index contributed by atoms with van der Waals surface area (Å²) in [5.74, 6) is 1.29. The lowest BCUT2D eigenvalue weighted by Crippen LogP contribution is -2.27. The summed E-state index contributed by atoms with van der Waals surface area (Å²) < 4.78 is 11.7. The van der Waals surface area contributed by atoms with Crippen LogP contribution in [0, 0.1) is 0 Å². The molecule has 0 aliphatic carbocycles. The van der Waals surface area contributed by atoms with E-state index in [2.05, 4.69) is 15.6 Å². The van der Waals surface area contributed by atoms with Crippen molar-refractivity contribution in [3.8, 4) is 28.4 Å². The summed E-state index contributed by atoms with van der Waals surface area (Å²) in [4.78, 5) is 25.9. The molecule has 6 aromatic rings. The van der Waals surface area contributed by atoms with E-state index < -0.39 is 18.2 Å². The van der Waals surface area contributed by atoms with Gasteiger partial charge in [0.2, 0.25) is 5.56 Å². The van der Waals surface area contributed by atoms with E-state index in [1.54, 1.807) is 19.2 Å². The monoisotopic (exact) mass is 671 g/mol. The van der Waals surface area contributed by atoms with E-state index in [9.17, 15) is 24.9 Å². The van der Waals surface area contributed by atoms with Crippen molar-refractivity contribution in [2.45, 2.75) is 25.3 Å². The van der Waals surface area contributed by atoms with Gasteiger partial charge in [0.05, 0.1) is 24.8 Å². The maximum atomic E-state index is 11.8. The topological polar surface area (TPSA) is 153 Å². The molecule has 5 aromatic carbocycles. The number of hydrogen-bond donors (Lipinski definition) is 6. The lowest BCUT2D eigenvalue weighted by molar-refractivity contribution is 0.175. The number of hydrogen-bond acceptors (Lipinski definition) is 7. The molecular formula is C40H37N3O7. The number of carboxylic acid groups (broad SMARTS) is 1.